The minimum absolute atomic E-state index is 0.0708. The Morgan fingerprint density at radius 2 is 2.29 bits per heavy atom. The van der Waals surface area contributed by atoms with Crippen LogP contribution in [0.4, 0.5) is 6.01 Å². The Balaban J connectivity index is 1.43. The van der Waals surface area contributed by atoms with Crippen LogP contribution in [-0.2, 0) is 17.9 Å². The Kier molecular flexibility index (Phi) is 5.26. The lowest BCUT2D eigenvalue weighted by atomic mass is 9.97. The summed E-state index contributed by atoms with van der Waals surface area (Å²) >= 11 is 6.04. The molecule has 1 aliphatic rings. The molecule has 3 heterocycles. The van der Waals surface area contributed by atoms with Crippen molar-refractivity contribution in [1.29, 1.82) is 0 Å². The average Bonchev–Trinajstić information content (AvgIpc) is 3.33. The van der Waals surface area contributed by atoms with E-state index in [1.54, 1.807) is 17.0 Å². The first-order valence-corrected chi connectivity index (χ1v) is 9.98. The Morgan fingerprint density at radius 1 is 1.43 bits per heavy atom. The van der Waals surface area contributed by atoms with Gasteiger partial charge in [-0.25, -0.2) is 0 Å². The second-order valence-corrected chi connectivity index (χ2v) is 7.73. The van der Waals surface area contributed by atoms with Gasteiger partial charge in [0.2, 0.25) is 5.91 Å². The minimum atomic E-state index is -0.0708. The van der Waals surface area contributed by atoms with Gasteiger partial charge in [0.15, 0.2) is 5.58 Å². The van der Waals surface area contributed by atoms with Gasteiger partial charge in [-0.15, -0.1) is 0 Å². The number of piperidine rings is 1. The third-order valence-electron chi connectivity index (χ3n) is 5.19. The fourth-order valence-corrected chi connectivity index (χ4v) is 3.87. The molecule has 1 amide bonds. The summed E-state index contributed by atoms with van der Waals surface area (Å²) < 4.78 is 7.75. The van der Waals surface area contributed by atoms with E-state index in [2.05, 4.69) is 15.0 Å². The van der Waals surface area contributed by atoms with E-state index < -0.39 is 0 Å². The highest BCUT2D eigenvalue weighted by Crippen LogP contribution is 2.28. The number of nitrogens with zero attached hydrogens (tertiary/aromatic N) is 5. The molecule has 1 atom stereocenters. The van der Waals surface area contributed by atoms with Gasteiger partial charge in [-0.05, 0) is 38.0 Å². The van der Waals surface area contributed by atoms with Crippen LogP contribution in [0, 0.1) is 5.92 Å². The zero-order chi connectivity index (χ0) is 19.7. The summed E-state index contributed by atoms with van der Waals surface area (Å²) in [6.45, 7) is 4.87. The van der Waals surface area contributed by atoms with Crippen molar-refractivity contribution >= 4 is 34.6 Å². The van der Waals surface area contributed by atoms with Crippen molar-refractivity contribution in [1.82, 2.24) is 19.7 Å². The first kappa shape index (κ1) is 18.8. The van der Waals surface area contributed by atoms with E-state index in [1.165, 1.54) is 0 Å². The number of carbonyl (C=O) groups excluding carboxylic acids is 1. The number of fused-ring (bicyclic) bond motifs is 1. The summed E-state index contributed by atoms with van der Waals surface area (Å²) in [5, 5.41) is 4.91. The van der Waals surface area contributed by atoms with Gasteiger partial charge in [-0.1, -0.05) is 11.6 Å². The maximum Gasteiger partial charge on any atom is 0.298 e. The molecule has 0 bridgehead atoms. The lowest BCUT2D eigenvalue weighted by Crippen LogP contribution is -2.43. The number of hydrogen-bond acceptors (Lipinski definition) is 5. The highest BCUT2D eigenvalue weighted by atomic mass is 35.5. The highest BCUT2D eigenvalue weighted by molar-refractivity contribution is 6.31. The number of oxazole rings is 1. The van der Waals surface area contributed by atoms with Crippen molar-refractivity contribution in [3.05, 3.63) is 41.2 Å². The van der Waals surface area contributed by atoms with E-state index in [-0.39, 0.29) is 11.8 Å². The van der Waals surface area contributed by atoms with Gasteiger partial charge in [0.25, 0.3) is 6.01 Å². The summed E-state index contributed by atoms with van der Waals surface area (Å²) in [7, 11) is 1.85. The molecule has 1 saturated heterocycles. The number of aryl methyl sites for hydroxylation is 1. The van der Waals surface area contributed by atoms with E-state index in [1.807, 2.05) is 37.1 Å². The monoisotopic (exact) mass is 401 g/mol. The summed E-state index contributed by atoms with van der Waals surface area (Å²) in [4.78, 5) is 21.4. The molecule has 1 fully saturated rings. The van der Waals surface area contributed by atoms with E-state index in [4.69, 9.17) is 16.0 Å². The topological polar surface area (TPSA) is 67.4 Å². The highest BCUT2D eigenvalue weighted by Gasteiger charge is 2.30. The molecular weight excluding hydrogens is 378 g/mol. The Bertz CT molecular complexity index is 982. The first-order valence-electron chi connectivity index (χ1n) is 9.61. The third-order valence-corrected chi connectivity index (χ3v) is 5.42. The van der Waals surface area contributed by atoms with Gasteiger partial charge in [-0.2, -0.15) is 10.1 Å². The van der Waals surface area contributed by atoms with Gasteiger partial charge < -0.3 is 14.2 Å². The second kappa shape index (κ2) is 7.83. The van der Waals surface area contributed by atoms with Crippen molar-refractivity contribution in [2.24, 2.45) is 5.92 Å². The van der Waals surface area contributed by atoms with E-state index in [0.29, 0.717) is 29.7 Å². The number of carbonyl (C=O) groups is 1. The smallest absolute Gasteiger partial charge is 0.298 e. The molecular formula is C20H24ClN5O2. The van der Waals surface area contributed by atoms with Crippen LogP contribution < -0.4 is 4.90 Å². The number of anilines is 1. The van der Waals surface area contributed by atoms with Gasteiger partial charge in [0.05, 0.1) is 12.1 Å². The number of halogens is 1. The molecule has 4 rings (SSSR count). The van der Waals surface area contributed by atoms with Crippen LogP contribution >= 0.6 is 11.6 Å². The van der Waals surface area contributed by atoms with Crippen LogP contribution in [0.25, 0.3) is 11.1 Å². The number of hydrogen-bond donors (Lipinski definition) is 0. The Hall–Kier alpha value is -2.54. The lowest BCUT2D eigenvalue weighted by Gasteiger charge is -2.33. The lowest BCUT2D eigenvalue weighted by molar-refractivity contribution is -0.135. The molecule has 1 unspecified atom stereocenters. The first-order chi connectivity index (χ1) is 13.5. The number of benzene rings is 1. The van der Waals surface area contributed by atoms with Crippen LogP contribution in [0.2, 0.25) is 5.02 Å². The zero-order valence-corrected chi connectivity index (χ0v) is 16.9. The van der Waals surface area contributed by atoms with Crippen molar-refractivity contribution < 1.29 is 9.21 Å². The Morgan fingerprint density at radius 3 is 3.07 bits per heavy atom. The Labute approximate surface area is 168 Å². The SMILES string of the molecule is CCn1cc(CN(C)C(=O)C2CCCN(c3nc4cc(Cl)ccc4o3)C2)cn1. The summed E-state index contributed by atoms with van der Waals surface area (Å²) in [5.41, 5.74) is 2.49. The molecule has 3 aromatic rings. The zero-order valence-electron chi connectivity index (χ0n) is 16.1. The molecule has 1 aromatic carbocycles. The van der Waals surface area contributed by atoms with Crippen molar-refractivity contribution in [2.75, 3.05) is 25.0 Å². The molecule has 0 N–H and O–H groups in total. The van der Waals surface area contributed by atoms with Gasteiger partial charge in [0, 0.05) is 50.0 Å². The van der Waals surface area contributed by atoms with Crippen molar-refractivity contribution in [2.45, 2.75) is 32.9 Å². The molecule has 0 saturated carbocycles. The molecule has 28 heavy (non-hydrogen) atoms. The minimum Gasteiger partial charge on any atom is -0.423 e. The predicted octanol–water partition coefficient (Wildman–Crippen LogP) is 3.57. The average molecular weight is 402 g/mol. The van der Waals surface area contributed by atoms with Crippen LogP contribution in [0.15, 0.2) is 35.0 Å². The van der Waals surface area contributed by atoms with Crippen LogP contribution in [0.3, 0.4) is 0 Å². The molecule has 148 valence electrons. The van der Waals surface area contributed by atoms with Crippen molar-refractivity contribution in [3.8, 4) is 0 Å². The van der Waals surface area contributed by atoms with Crippen LogP contribution in [0.5, 0.6) is 0 Å². The molecule has 0 radical (unpaired) electrons. The summed E-state index contributed by atoms with van der Waals surface area (Å²) in [6, 6.07) is 5.96. The van der Waals surface area contributed by atoms with Crippen molar-refractivity contribution in [3.63, 3.8) is 0 Å². The normalized spacial score (nSPS) is 17.2. The van der Waals surface area contributed by atoms with E-state index in [0.717, 1.165) is 37.0 Å². The quantitative estimate of drug-likeness (QED) is 0.653. The summed E-state index contributed by atoms with van der Waals surface area (Å²) in [6.07, 6.45) is 5.61. The molecule has 0 spiro atoms. The molecule has 2 aromatic heterocycles. The second-order valence-electron chi connectivity index (χ2n) is 7.29. The standard InChI is InChI=1S/C20H24ClN5O2/c1-3-26-12-14(10-22-26)11-24(2)19(27)15-5-4-8-25(13-15)20-23-17-9-16(21)6-7-18(17)28-20/h6-7,9-10,12,15H,3-5,8,11,13H2,1-2H3. The number of amides is 1. The number of rotatable bonds is 5. The maximum atomic E-state index is 13.0. The molecule has 8 heteroatoms. The largest absolute Gasteiger partial charge is 0.423 e. The molecule has 0 aliphatic carbocycles. The van der Waals surface area contributed by atoms with Crippen LogP contribution in [-0.4, -0.2) is 45.7 Å². The maximum absolute atomic E-state index is 13.0. The number of aromatic nitrogens is 3. The fraction of sp³-hybridized carbons (Fsp3) is 0.450. The fourth-order valence-electron chi connectivity index (χ4n) is 3.70. The van der Waals surface area contributed by atoms with E-state index >= 15 is 0 Å². The van der Waals surface area contributed by atoms with Gasteiger partial charge >= 0.3 is 0 Å². The summed E-state index contributed by atoms with van der Waals surface area (Å²) in [5.74, 6) is 0.0756. The van der Waals surface area contributed by atoms with E-state index in [9.17, 15) is 4.79 Å². The predicted molar refractivity (Wildman–Crippen MR) is 108 cm³/mol. The molecule has 7 nitrogen and oxygen atoms in total. The third kappa shape index (κ3) is 3.85. The molecule has 1 aliphatic heterocycles. The van der Waals surface area contributed by atoms with Gasteiger partial charge in [-0.3, -0.25) is 9.48 Å². The van der Waals surface area contributed by atoms with Crippen LogP contribution in [0.1, 0.15) is 25.3 Å². The van der Waals surface area contributed by atoms with Gasteiger partial charge in [0.1, 0.15) is 5.52 Å².